The summed E-state index contributed by atoms with van der Waals surface area (Å²) in [6, 6.07) is 0. The molecular formula is C52H74N2O2. The Morgan fingerprint density at radius 2 is 0.446 bits per heavy atom. The normalized spacial score (nSPS) is 61.8. The van der Waals surface area contributed by atoms with Crippen LogP contribution in [0.25, 0.3) is 0 Å². The molecule has 0 spiro atoms. The Morgan fingerprint density at radius 1 is 0.268 bits per heavy atom. The van der Waals surface area contributed by atoms with Crippen molar-refractivity contribution in [3.8, 4) is 0 Å². The van der Waals surface area contributed by atoms with E-state index in [4.69, 9.17) is 0 Å². The van der Waals surface area contributed by atoms with Crippen molar-refractivity contribution in [2.45, 2.75) is 215 Å². The average Bonchev–Trinajstić information content (AvgIpc) is 3.08. The predicted octanol–water partition coefficient (Wildman–Crippen LogP) is 11.1. The molecule has 0 aromatic carbocycles. The van der Waals surface area contributed by atoms with E-state index in [1.807, 2.05) is 0 Å². The highest BCUT2D eigenvalue weighted by Gasteiger charge is 2.72. The van der Waals surface area contributed by atoms with E-state index in [-0.39, 0.29) is 33.0 Å². The molecule has 20 aliphatic rings. The van der Waals surface area contributed by atoms with Crippen molar-refractivity contribution < 1.29 is 9.59 Å². The highest BCUT2D eigenvalue weighted by Crippen LogP contribution is 2.72. The summed E-state index contributed by atoms with van der Waals surface area (Å²) in [6.07, 6.45) is 40.1. The molecule has 0 heterocycles. The van der Waals surface area contributed by atoms with E-state index in [0.717, 1.165) is 103 Å². The smallest absolute Gasteiger partial charge is 0.229 e. The average molecular weight is 759 g/mol. The first-order valence-electron chi connectivity index (χ1n) is 25.8. The highest BCUT2D eigenvalue weighted by molar-refractivity contribution is 5.90. The van der Waals surface area contributed by atoms with Crippen molar-refractivity contribution in [2.24, 2.45) is 93.7 Å². The maximum Gasteiger partial charge on any atom is 0.229 e. The van der Waals surface area contributed by atoms with Gasteiger partial charge in [0.25, 0.3) is 0 Å². The molecule has 0 N–H and O–H groups in total. The first kappa shape index (κ1) is 33.6. The Labute approximate surface area is 338 Å². The van der Waals surface area contributed by atoms with Gasteiger partial charge in [-0.3, -0.25) is 9.59 Å². The fourth-order valence-electron chi connectivity index (χ4n) is 24.5. The van der Waals surface area contributed by atoms with Crippen molar-refractivity contribution in [3.63, 3.8) is 0 Å². The van der Waals surface area contributed by atoms with Crippen molar-refractivity contribution in [1.29, 1.82) is 0 Å². The Hall–Kier alpha value is -1.06. The number of carbonyl (C=O) groups is 2. The third kappa shape index (κ3) is 4.36. The van der Waals surface area contributed by atoms with Gasteiger partial charge >= 0.3 is 0 Å². The van der Waals surface area contributed by atoms with Gasteiger partial charge in [0.1, 0.15) is 0 Å². The third-order valence-corrected chi connectivity index (χ3v) is 23.3. The third-order valence-electron chi connectivity index (χ3n) is 23.3. The van der Waals surface area contributed by atoms with Gasteiger partial charge < -0.3 is 9.80 Å². The van der Waals surface area contributed by atoms with E-state index in [2.05, 4.69) is 9.80 Å². The minimum absolute atomic E-state index is 0.127. The zero-order chi connectivity index (χ0) is 36.6. The van der Waals surface area contributed by atoms with E-state index >= 15 is 9.59 Å². The zero-order valence-corrected chi connectivity index (χ0v) is 35.0. The Morgan fingerprint density at radius 3 is 0.643 bits per heavy atom. The van der Waals surface area contributed by atoms with E-state index in [0.29, 0.717) is 23.7 Å². The van der Waals surface area contributed by atoms with Crippen LogP contribution in [-0.4, -0.2) is 43.8 Å². The van der Waals surface area contributed by atoms with Gasteiger partial charge in [-0.2, -0.15) is 0 Å². The topological polar surface area (TPSA) is 40.6 Å². The first-order chi connectivity index (χ1) is 27.1. The summed E-state index contributed by atoms with van der Waals surface area (Å²) in [5, 5.41) is 0. The SMILES string of the molecule is O=C(N(C12CC3CC(CC(C3)C1)C2)C12CC3CC(CC(C3)C1)C2)C12CC3CC(C1)CC(C(=O)N(C14CC5CC(CC(C5)C1)C4)C14CC5CC(CC(C5)C1)C4)(C3)C2. The molecular weight excluding hydrogens is 685 g/mol. The molecule has 2 amide bonds. The van der Waals surface area contributed by atoms with Crippen LogP contribution >= 0.6 is 0 Å². The monoisotopic (exact) mass is 759 g/mol. The zero-order valence-electron chi connectivity index (χ0n) is 35.0. The molecule has 0 atom stereocenters. The number of nitrogens with zero attached hydrogens (tertiary/aromatic N) is 2. The molecule has 0 aromatic rings. The molecule has 20 fully saturated rings. The van der Waals surface area contributed by atoms with Crippen molar-refractivity contribution >= 4 is 11.8 Å². The van der Waals surface area contributed by atoms with Crippen LogP contribution in [0.5, 0.6) is 0 Å². The molecule has 20 bridgehead atoms. The molecule has 20 saturated carbocycles. The van der Waals surface area contributed by atoms with Crippen molar-refractivity contribution in [2.75, 3.05) is 0 Å². The van der Waals surface area contributed by atoms with Gasteiger partial charge in [0.15, 0.2) is 0 Å². The van der Waals surface area contributed by atoms with E-state index < -0.39 is 0 Å². The molecule has 20 rings (SSSR count). The van der Waals surface area contributed by atoms with Gasteiger partial charge in [-0.15, -0.1) is 0 Å². The molecule has 20 aliphatic carbocycles. The molecule has 4 nitrogen and oxygen atoms in total. The van der Waals surface area contributed by atoms with Gasteiger partial charge in [0.2, 0.25) is 11.8 Å². The van der Waals surface area contributed by atoms with Gasteiger partial charge in [-0.1, -0.05) is 0 Å². The minimum atomic E-state index is -0.277. The lowest BCUT2D eigenvalue weighted by atomic mass is 9.42. The molecule has 0 saturated heterocycles. The molecule has 0 radical (unpaired) electrons. The van der Waals surface area contributed by atoms with Gasteiger partial charge in [0, 0.05) is 22.2 Å². The van der Waals surface area contributed by atoms with Gasteiger partial charge in [-0.05, 0) is 275 Å². The van der Waals surface area contributed by atoms with Crippen LogP contribution in [0.1, 0.15) is 193 Å². The summed E-state index contributed by atoms with van der Waals surface area (Å²) in [7, 11) is 0. The quantitative estimate of drug-likeness (QED) is 0.271. The Balaban J connectivity index is 0.849. The van der Waals surface area contributed by atoms with E-state index in [1.54, 1.807) is 0 Å². The minimum Gasteiger partial charge on any atom is -0.331 e. The fourth-order valence-corrected chi connectivity index (χ4v) is 24.5. The molecule has 56 heavy (non-hydrogen) atoms. The van der Waals surface area contributed by atoms with E-state index in [1.165, 1.54) is 161 Å². The van der Waals surface area contributed by atoms with Crippen LogP contribution in [0, 0.1) is 93.7 Å². The lowest BCUT2D eigenvalue weighted by Crippen LogP contribution is -2.76. The van der Waals surface area contributed by atoms with Gasteiger partial charge in [0.05, 0.1) is 10.8 Å². The first-order valence-corrected chi connectivity index (χ1v) is 25.8. The molecule has 0 unspecified atom stereocenters. The molecule has 304 valence electrons. The maximum absolute atomic E-state index is 16.8. The summed E-state index contributed by atoms with van der Waals surface area (Å²) >= 11 is 0. The van der Waals surface area contributed by atoms with Crippen LogP contribution in [-0.2, 0) is 9.59 Å². The summed E-state index contributed by atoms with van der Waals surface area (Å²) < 4.78 is 0. The second kappa shape index (κ2) is 10.7. The fraction of sp³-hybridized carbons (Fsp3) is 0.962. The number of rotatable bonds is 6. The van der Waals surface area contributed by atoms with Gasteiger partial charge in [-0.25, -0.2) is 0 Å². The largest absolute Gasteiger partial charge is 0.331 e. The number of carbonyl (C=O) groups excluding carboxylic acids is 2. The highest BCUT2D eigenvalue weighted by atomic mass is 16.2. The van der Waals surface area contributed by atoms with Crippen LogP contribution in [0.2, 0.25) is 0 Å². The van der Waals surface area contributed by atoms with E-state index in [9.17, 15) is 0 Å². The lowest BCUT2D eigenvalue weighted by Gasteiger charge is -2.72. The second-order valence-electron chi connectivity index (χ2n) is 27.4. The molecule has 0 aliphatic heterocycles. The maximum atomic E-state index is 16.8. The molecule has 0 aromatic heterocycles. The van der Waals surface area contributed by atoms with Crippen molar-refractivity contribution in [3.05, 3.63) is 0 Å². The number of hydrogen-bond donors (Lipinski definition) is 0. The van der Waals surface area contributed by atoms with Crippen molar-refractivity contribution in [1.82, 2.24) is 9.80 Å². The summed E-state index contributed by atoms with van der Waals surface area (Å²) in [5.74, 6) is 12.9. The van der Waals surface area contributed by atoms with Crippen LogP contribution in [0.3, 0.4) is 0 Å². The second-order valence-corrected chi connectivity index (χ2v) is 27.4. The van der Waals surface area contributed by atoms with Crippen LogP contribution in [0.4, 0.5) is 0 Å². The Kier molecular flexibility index (Phi) is 6.42. The predicted molar refractivity (Wildman–Crippen MR) is 217 cm³/mol. The lowest BCUT2D eigenvalue weighted by molar-refractivity contribution is -0.223. The summed E-state index contributed by atoms with van der Waals surface area (Å²) in [5.41, 5.74) is -0.0439. The summed E-state index contributed by atoms with van der Waals surface area (Å²) in [6.45, 7) is 0. The standard InChI is InChI=1S/C52H74N2O2/c55-45(53(49-18-31-1-32(19-49)3-33(2-31)20-49)50-21-34-4-35(22-50)6-36(5-34)23-50)47-14-43-13-44(15-47)17-48(16-43,30-47)46(56)54(51-24-37-7-38(25-51)9-39(8-37)26-51)52-27-40-10-41(28-52)12-42(11-40)29-52/h31-44H,1-30H2. The summed E-state index contributed by atoms with van der Waals surface area (Å²) in [4.78, 5) is 39.5. The molecule has 4 heteroatoms. The Bertz CT molecular complexity index is 1390. The van der Waals surface area contributed by atoms with Crippen LogP contribution < -0.4 is 0 Å². The number of hydrogen-bond acceptors (Lipinski definition) is 2. The van der Waals surface area contributed by atoms with Crippen LogP contribution in [0.15, 0.2) is 0 Å². The number of amides is 2.